The summed E-state index contributed by atoms with van der Waals surface area (Å²) in [5, 5.41) is 9.42. The first kappa shape index (κ1) is 18.2. The summed E-state index contributed by atoms with van der Waals surface area (Å²) in [5.41, 5.74) is 2.46. The number of rotatable bonds is 7. The van der Waals surface area contributed by atoms with Gasteiger partial charge < -0.3 is 9.64 Å². The van der Waals surface area contributed by atoms with Gasteiger partial charge in [0.25, 0.3) is 0 Å². The van der Waals surface area contributed by atoms with Gasteiger partial charge in [0.2, 0.25) is 0 Å². The zero-order valence-electron chi connectivity index (χ0n) is 14.3. The van der Waals surface area contributed by atoms with Crippen molar-refractivity contribution in [2.24, 2.45) is 0 Å². The molecule has 0 aliphatic rings. The van der Waals surface area contributed by atoms with Gasteiger partial charge >= 0.3 is 5.97 Å². The topological polar surface area (TPSA) is 70.4 Å². The molecule has 0 aliphatic heterocycles. The molecule has 5 heteroatoms. The molecule has 128 valence electrons. The summed E-state index contributed by atoms with van der Waals surface area (Å²) < 4.78 is 4.72. The number of anilines is 1. The van der Waals surface area contributed by atoms with Gasteiger partial charge in [0, 0.05) is 5.69 Å². The van der Waals surface area contributed by atoms with E-state index in [2.05, 4.69) is 6.07 Å². The van der Waals surface area contributed by atoms with E-state index >= 15 is 0 Å². The molecule has 5 nitrogen and oxygen atoms in total. The quantitative estimate of drug-likeness (QED) is 0.727. The van der Waals surface area contributed by atoms with Crippen LogP contribution in [0.15, 0.2) is 54.6 Å². The predicted octanol–water partition coefficient (Wildman–Crippen LogP) is 2.85. The average Bonchev–Trinajstić information content (AvgIpc) is 2.63. The number of benzene rings is 2. The van der Waals surface area contributed by atoms with Crippen LogP contribution < -0.4 is 4.90 Å². The van der Waals surface area contributed by atoms with Crippen LogP contribution in [0.5, 0.6) is 0 Å². The fraction of sp³-hybridized carbons (Fsp3) is 0.250. The maximum absolute atomic E-state index is 12.7. The van der Waals surface area contributed by atoms with Gasteiger partial charge in [-0.05, 0) is 24.6 Å². The molecule has 0 saturated heterocycles. The van der Waals surface area contributed by atoms with Crippen LogP contribution in [0.25, 0.3) is 0 Å². The van der Waals surface area contributed by atoms with Crippen LogP contribution in [0.2, 0.25) is 0 Å². The highest BCUT2D eigenvalue weighted by Gasteiger charge is 2.24. The highest BCUT2D eigenvalue weighted by molar-refractivity contribution is 5.93. The van der Waals surface area contributed by atoms with Gasteiger partial charge in [-0.1, -0.05) is 48.0 Å². The molecule has 0 amide bonds. The van der Waals surface area contributed by atoms with E-state index in [4.69, 9.17) is 4.74 Å². The minimum absolute atomic E-state index is 0.0503. The lowest BCUT2D eigenvalue weighted by molar-refractivity contribution is -0.138. The second-order valence-electron chi connectivity index (χ2n) is 5.71. The summed E-state index contributed by atoms with van der Waals surface area (Å²) in [4.78, 5) is 26.0. The van der Waals surface area contributed by atoms with E-state index < -0.39 is 11.9 Å². The highest BCUT2D eigenvalue weighted by Crippen LogP contribution is 2.20. The predicted molar refractivity (Wildman–Crippen MR) is 95.2 cm³/mol. The zero-order valence-corrected chi connectivity index (χ0v) is 14.3. The van der Waals surface area contributed by atoms with Crippen LogP contribution in [-0.4, -0.2) is 32.0 Å². The number of carbonyl (C=O) groups excluding carboxylic acids is 2. The van der Waals surface area contributed by atoms with Crippen molar-refractivity contribution in [3.63, 3.8) is 0 Å². The van der Waals surface area contributed by atoms with Crippen LogP contribution >= 0.6 is 0 Å². The molecule has 0 bridgehead atoms. The SMILES string of the molecule is COC(=O)CN(CC(=O)C(C#N)c1ccccc1)c1ccc(C)cc1. The number of ketones is 1. The molecular weight excluding hydrogens is 316 g/mol. The zero-order chi connectivity index (χ0) is 18.2. The maximum Gasteiger partial charge on any atom is 0.325 e. The van der Waals surface area contributed by atoms with Crippen molar-refractivity contribution < 1.29 is 14.3 Å². The first-order valence-electron chi connectivity index (χ1n) is 7.91. The average molecular weight is 336 g/mol. The Morgan fingerprint density at radius 3 is 2.28 bits per heavy atom. The summed E-state index contributed by atoms with van der Waals surface area (Å²) in [6.07, 6.45) is 0. The van der Waals surface area contributed by atoms with Gasteiger partial charge in [-0.2, -0.15) is 5.26 Å². The third-order valence-corrected chi connectivity index (χ3v) is 3.88. The third-order valence-electron chi connectivity index (χ3n) is 3.88. The first-order valence-corrected chi connectivity index (χ1v) is 7.91. The number of esters is 1. The first-order chi connectivity index (χ1) is 12.0. The van der Waals surface area contributed by atoms with E-state index in [0.717, 1.165) is 11.3 Å². The van der Waals surface area contributed by atoms with Gasteiger partial charge in [0.1, 0.15) is 12.5 Å². The van der Waals surface area contributed by atoms with Crippen LogP contribution in [-0.2, 0) is 14.3 Å². The molecule has 0 aliphatic carbocycles. The number of hydrogen-bond donors (Lipinski definition) is 0. The minimum Gasteiger partial charge on any atom is -0.468 e. The van der Waals surface area contributed by atoms with E-state index in [9.17, 15) is 14.9 Å². The van der Waals surface area contributed by atoms with Crippen LogP contribution in [0.4, 0.5) is 5.69 Å². The summed E-state index contributed by atoms with van der Waals surface area (Å²) in [6.45, 7) is 1.85. The smallest absolute Gasteiger partial charge is 0.325 e. The monoisotopic (exact) mass is 336 g/mol. The lowest BCUT2D eigenvalue weighted by Crippen LogP contribution is -2.36. The van der Waals surface area contributed by atoms with E-state index in [1.807, 2.05) is 37.3 Å². The number of carbonyl (C=O) groups is 2. The summed E-state index contributed by atoms with van der Waals surface area (Å²) in [7, 11) is 1.31. The molecule has 1 unspecified atom stereocenters. The molecular formula is C20H20N2O3. The number of Topliss-reactive ketones (excluding diaryl/α,β-unsaturated/α-hetero) is 1. The molecule has 0 aromatic heterocycles. The Hall–Kier alpha value is -3.13. The number of nitrogens with zero attached hydrogens (tertiary/aromatic N) is 2. The van der Waals surface area contributed by atoms with Crippen LogP contribution in [0, 0.1) is 18.3 Å². The van der Waals surface area contributed by atoms with Crippen LogP contribution in [0.1, 0.15) is 17.0 Å². The fourth-order valence-electron chi connectivity index (χ4n) is 2.47. The molecule has 2 rings (SSSR count). The molecule has 0 saturated carbocycles. The fourth-order valence-corrected chi connectivity index (χ4v) is 2.47. The molecule has 25 heavy (non-hydrogen) atoms. The minimum atomic E-state index is -0.869. The van der Waals surface area contributed by atoms with Crippen molar-refractivity contribution in [3.8, 4) is 6.07 Å². The second-order valence-corrected chi connectivity index (χ2v) is 5.71. The molecule has 1 atom stereocenters. The van der Waals surface area contributed by atoms with Gasteiger partial charge in [0.05, 0.1) is 19.7 Å². The van der Waals surface area contributed by atoms with Gasteiger partial charge in [0.15, 0.2) is 5.78 Å². The van der Waals surface area contributed by atoms with Gasteiger partial charge in [-0.3, -0.25) is 9.59 Å². The molecule has 2 aromatic rings. The number of methoxy groups -OCH3 is 1. The van der Waals surface area contributed by atoms with E-state index in [-0.39, 0.29) is 18.9 Å². The lowest BCUT2D eigenvalue weighted by Gasteiger charge is -2.24. The largest absolute Gasteiger partial charge is 0.468 e. The third kappa shape index (κ3) is 4.92. The Kier molecular flexibility index (Phi) is 6.30. The van der Waals surface area contributed by atoms with E-state index in [0.29, 0.717) is 5.56 Å². The Morgan fingerprint density at radius 2 is 1.72 bits per heavy atom. The number of hydrogen-bond acceptors (Lipinski definition) is 5. The van der Waals surface area contributed by atoms with Crippen molar-refractivity contribution >= 4 is 17.4 Å². The summed E-state index contributed by atoms with van der Waals surface area (Å²) in [6, 6.07) is 18.5. The highest BCUT2D eigenvalue weighted by atomic mass is 16.5. The molecule has 0 spiro atoms. The Labute approximate surface area is 147 Å². The van der Waals surface area contributed by atoms with Crippen molar-refractivity contribution in [1.82, 2.24) is 0 Å². The summed E-state index contributed by atoms with van der Waals surface area (Å²) >= 11 is 0. The van der Waals surface area contributed by atoms with Crippen molar-refractivity contribution in [2.75, 3.05) is 25.1 Å². The lowest BCUT2D eigenvalue weighted by atomic mass is 9.95. The second kappa shape index (κ2) is 8.65. The van der Waals surface area contributed by atoms with Crippen LogP contribution in [0.3, 0.4) is 0 Å². The Bertz CT molecular complexity index is 764. The van der Waals surface area contributed by atoms with Crippen molar-refractivity contribution in [2.45, 2.75) is 12.8 Å². The number of nitriles is 1. The Morgan fingerprint density at radius 1 is 1.08 bits per heavy atom. The summed E-state index contributed by atoms with van der Waals surface area (Å²) in [5.74, 6) is -1.58. The normalized spacial score (nSPS) is 11.2. The number of ether oxygens (including phenoxy) is 1. The van der Waals surface area contributed by atoms with E-state index in [1.54, 1.807) is 29.2 Å². The van der Waals surface area contributed by atoms with E-state index in [1.165, 1.54) is 7.11 Å². The molecule has 2 aromatic carbocycles. The van der Waals surface area contributed by atoms with Gasteiger partial charge in [-0.15, -0.1) is 0 Å². The maximum atomic E-state index is 12.7. The van der Waals surface area contributed by atoms with Gasteiger partial charge in [-0.25, -0.2) is 0 Å². The standard InChI is InChI=1S/C20H20N2O3/c1-15-8-10-17(11-9-15)22(14-20(24)25-2)13-19(23)18(12-21)16-6-4-3-5-7-16/h3-11,18H,13-14H2,1-2H3. The van der Waals surface area contributed by atoms with Crippen molar-refractivity contribution in [1.29, 1.82) is 5.26 Å². The van der Waals surface area contributed by atoms with Crippen molar-refractivity contribution in [3.05, 3.63) is 65.7 Å². The molecule has 0 radical (unpaired) electrons. The molecule has 0 fully saturated rings. The molecule has 0 heterocycles. The molecule has 0 N–H and O–H groups in total. The number of aryl methyl sites for hydroxylation is 1. The Balaban J connectivity index is 2.23.